The summed E-state index contributed by atoms with van der Waals surface area (Å²) in [5, 5.41) is 9.94. The summed E-state index contributed by atoms with van der Waals surface area (Å²) in [6.07, 6.45) is -3.68. The number of ether oxygens (including phenoxy) is 5. The van der Waals surface area contributed by atoms with Gasteiger partial charge in [0.15, 0.2) is 16.6 Å². The van der Waals surface area contributed by atoms with E-state index in [9.17, 15) is 36.2 Å². The maximum Gasteiger partial charge on any atom is 0.416 e. The Labute approximate surface area is 414 Å². The van der Waals surface area contributed by atoms with Crippen LogP contribution in [0.4, 0.5) is 26.3 Å². The standard InChI is InChI=1S/C30H41F3O5Si.C23H37F3O4Si/c1-29(2,3)39(4,5)37-21-27(35-19-22-14-16-24(17-15-22)30(31,32)33)20-36-25-12-9-13-26(18-25)38-28(34)23-10-7-6-8-11-23;1-22(2,3)31(4,5)30-16-21(15-29-20-8-6-7-19(27)13-20)28-14-17-9-11-18(12-10-17)23(24,25)26/h6-8,10-11,14-17,25-27H,9,12-13,18-21H2,1-5H3;9-12,19-21,27H,6-8,13-16H2,1-5H3/t25-,26+,27?;19-,20+,21?/m10/s1. The molecule has 0 heterocycles. The van der Waals surface area contributed by atoms with Gasteiger partial charge < -0.3 is 37.6 Å². The van der Waals surface area contributed by atoms with Gasteiger partial charge in [0.1, 0.15) is 18.3 Å². The number of aliphatic hydroxyl groups is 1. The number of hydrogen-bond donors (Lipinski definition) is 1. The van der Waals surface area contributed by atoms with Crippen molar-refractivity contribution in [1.29, 1.82) is 0 Å². The van der Waals surface area contributed by atoms with Crippen molar-refractivity contribution in [3.8, 4) is 0 Å². The summed E-state index contributed by atoms with van der Waals surface area (Å²) in [7, 11) is -4.04. The lowest BCUT2D eigenvalue weighted by Gasteiger charge is -2.37. The van der Waals surface area contributed by atoms with E-state index >= 15 is 0 Å². The highest BCUT2D eigenvalue weighted by Crippen LogP contribution is 2.38. The highest BCUT2D eigenvalue weighted by Gasteiger charge is 2.39. The Morgan fingerprint density at radius 1 is 0.571 bits per heavy atom. The van der Waals surface area contributed by atoms with Gasteiger partial charge in [-0.05, 0) is 129 Å². The number of alkyl halides is 6. The van der Waals surface area contributed by atoms with E-state index in [2.05, 4.69) is 67.7 Å². The van der Waals surface area contributed by atoms with Crippen molar-refractivity contribution in [3.05, 3.63) is 107 Å². The molecular weight excluding hydrogens is 951 g/mol. The minimum atomic E-state index is -4.37. The van der Waals surface area contributed by atoms with Gasteiger partial charge in [0.25, 0.3) is 0 Å². The minimum absolute atomic E-state index is 0.00575. The molecule has 0 radical (unpaired) electrons. The molecule has 2 saturated carbocycles. The van der Waals surface area contributed by atoms with E-state index in [0.29, 0.717) is 49.4 Å². The first-order chi connectivity index (χ1) is 32.5. The molecule has 3 aromatic carbocycles. The molecule has 6 atom stereocenters. The van der Waals surface area contributed by atoms with Gasteiger partial charge in [-0.15, -0.1) is 0 Å². The Kier molecular flexibility index (Phi) is 22.2. The molecule has 2 unspecified atom stereocenters. The summed E-state index contributed by atoms with van der Waals surface area (Å²) >= 11 is 0. The van der Waals surface area contributed by atoms with E-state index in [1.54, 1.807) is 24.3 Å². The van der Waals surface area contributed by atoms with Crippen LogP contribution in [0, 0.1) is 0 Å². The predicted molar refractivity (Wildman–Crippen MR) is 264 cm³/mol. The molecule has 2 aliphatic carbocycles. The maximum absolute atomic E-state index is 12.9. The second-order valence-corrected chi connectivity index (χ2v) is 31.3. The van der Waals surface area contributed by atoms with Crippen LogP contribution in [0.1, 0.15) is 126 Å². The van der Waals surface area contributed by atoms with Gasteiger partial charge in [0, 0.05) is 6.42 Å². The highest BCUT2D eigenvalue weighted by molar-refractivity contribution is 6.74. The van der Waals surface area contributed by atoms with E-state index in [-0.39, 0.29) is 66.4 Å². The summed E-state index contributed by atoms with van der Waals surface area (Å²) in [5.41, 5.74) is 0.477. The molecule has 70 heavy (non-hydrogen) atoms. The van der Waals surface area contributed by atoms with Crippen molar-refractivity contribution < 1.29 is 68.8 Å². The first kappa shape index (κ1) is 59.4. The second-order valence-electron chi connectivity index (χ2n) is 21.7. The fourth-order valence-electron chi connectivity index (χ4n) is 7.24. The zero-order valence-electron chi connectivity index (χ0n) is 42.9. The van der Waals surface area contributed by atoms with Gasteiger partial charge in [-0.2, -0.15) is 26.3 Å². The number of hydrogen-bond acceptors (Lipinski definition) is 9. The van der Waals surface area contributed by atoms with E-state index in [1.807, 2.05) is 6.07 Å². The molecule has 0 saturated heterocycles. The van der Waals surface area contributed by atoms with Crippen LogP contribution in [0.25, 0.3) is 0 Å². The average molecular weight is 1030 g/mol. The van der Waals surface area contributed by atoms with Crippen LogP contribution in [0.2, 0.25) is 36.3 Å². The van der Waals surface area contributed by atoms with E-state index in [4.69, 9.17) is 32.5 Å². The number of carbonyl (C=O) groups excluding carboxylic acids is 1. The first-order valence-electron chi connectivity index (χ1n) is 24.5. The topological polar surface area (TPSA) is 102 Å². The second kappa shape index (κ2) is 26.2. The molecule has 3 aromatic rings. The zero-order valence-corrected chi connectivity index (χ0v) is 44.9. The molecule has 0 aromatic heterocycles. The van der Waals surface area contributed by atoms with Crippen LogP contribution in [-0.2, 0) is 58.1 Å². The molecule has 0 amide bonds. The van der Waals surface area contributed by atoms with Crippen LogP contribution >= 0.6 is 0 Å². The Bertz CT molecular complexity index is 1990. The Morgan fingerprint density at radius 3 is 1.37 bits per heavy atom. The van der Waals surface area contributed by atoms with Crippen LogP contribution in [0.5, 0.6) is 0 Å². The Balaban J connectivity index is 0.000000313. The number of halogens is 6. The smallest absolute Gasteiger partial charge is 0.416 e. The Morgan fingerprint density at radius 2 is 0.971 bits per heavy atom. The Hall–Kier alpha value is -3.14. The molecule has 2 fully saturated rings. The third-order valence-corrected chi connectivity index (χ3v) is 22.9. The lowest BCUT2D eigenvalue weighted by atomic mass is 9.94. The van der Waals surface area contributed by atoms with Crippen LogP contribution in [0.15, 0.2) is 78.9 Å². The van der Waals surface area contributed by atoms with Crippen LogP contribution in [-0.4, -0.2) is 90.8 Å². The molecule has 0 bridgehead atoms. The molecule has 9 nitrogen and oxygen atoms in total. The zero-order chi connectivity index (χ0) is 52.0. The van der Waals surface area contributed by atoms with Gasteiger partial charge in [-0.1, -0.05) is 84.0 Å². The quantitative estimate of drug-likeness (QED) is 0.0673. The monoisotopic (exact) mass is 1030 g/mol. The van der Waals surface area contributed by atoms with Crippen molar-refractivity contribution in [2.24, 2.45) is 0 Å². The lowest BCUT2D eigenvalue weighted by molar-refractivity contribution is -0.138. The number of rotatable bonds is 20. The largest absolute Gasteiger partial charge is 0.459 e. The third kappa shape index (κ3) is 20.1. The van der Waals surface area contributed by atoms with Crippen LogP contribution < -0.4 is 0 Å². The van der Waals surface area contributed by atoms with E-state index < -0.39 is 46.2 Å². The third-order valence-electron chi connectivity index (χ3n) is 13.9. The fraction of sp³-hybridized carbons (Fsp3) is 0.642. The minimum Gasteiger partial charge on any atom is -0.459 e. The van der Waals surface area contributed by atoms with Crippen molar-refractivity contribution in [1.82, 2.24) is 0 Å². The molecule has 17 heteroatoms. The molecule has 5 rings (SSSR count). The number of carbonyl (C=O) groups is 1. The molecule has 0 spiro atoms. The van der Waals surface area contributed by atoms with Gasteiger partial charge in [0.2, 0.25) is 0 Å². The highest BCUT2D eigenvalue weighted by atomic mass is 28.4. The van der Waals surface area contributed by atoms with Gasteiger partial charge in [0.05, 0.1) is 74.6 Å². The van der Waals surface area contributed by atoms with Crippen molar-refractivity contribution in [2.75, 3.05) is 26.4 Å². The molecule has 394 valence electrons. The van der Waals surface area contributed by atoms with Gasteiger partial charge >= 0.3 is 18.3 Å². The molecule has 0 aliphatic heterocycles. The molecule has 2 aliphatic rings. The normalized spacial score (nSPS) is 20.5. The summed E-state index contributed by atoms with van der Waals surface area (Å²) < 4.78 is 120. The molecular formula is C53H78F6O9Si2. The summed E-state index contributed by atoms with van der Waals surface area (Å²) in [4.78, 5) is 12.5. The van der Waals surface area contributed by atoms with Crippen LogP contribution in [0.3, 0.4) is 0 Å². The SMILES string of the molecule is CC(C)(C)[Si](C)(C)OCC(CO[C@@H]1CCC[C@H](O)C1)OCc1ccc(C(F)(F)F)cc1.CC(C)(C)[Si](C)(C)OCC(CO[C@@H]1CCC[C@H](OC(=O)c2ccccc2)C1)OCc1ccc(C(F)(F)F)cc1. The maximum atomic E-state index is 12.9. The first-order valence-corrected chi connectivity index (χ1v) is 30.3. The summed E-state index contributed by atoms with van der Waals surface area (Å²) in [6.45, 7) is 23.2. The number of benzene rings is 3. The van der Waals surface area contributed by atoms with Crippen molar-refractivity contribution >= 4 is 22.6 Å². The van der Waals surface area contributed by atoms with E-state index in [1.165, 1.54) is 24.3 Å². The van der Waals surface area contributed by atoms with Gasteiger partial charge in [-0.3, -0.25) is 0 Å². The van der Waals surface area contributed by atoms with Crippen molar-refractivity contribution in [3.63, 3.8) is 0 Å². The number of esters is 1. The van der Waals surface area contributed by atoms with Gasteiger partial charge in [-0.25, -0.2) is 4.79 Å². The van der Waals surface area contributed by atoms with Crippen molar-refractivity contribution in [2.45, 2.75) is 191 Å². The average Bonchev–Trinajstić information content (AvgIpc) is 3.28. The summed E-state index contributed by atoms with van der Waals surface area (Å²) in [5.74, 6) is -0.332. The number of aliphatic hydroxyl groups excluding tert-OH is 1. The van der Waals surface area contributed by atoms with E-state index in [0.717, 1.165) is 62.8 Å². The summed E-state index contributed by atoms with van der Waals surface area (Å²) in [6, 6.07) is 18.9. The predicted octanol–water partition coefficient (Wildman–Crippen LogP) is 13.7. The lowest BCUT2D eigenvalue weighted by Crippen LogP contribution is -2.44. The molecule has 1 N–H and O–H groups in total. The fourth-order valence-corrected chi connectivity index (χ4v) is 9.32.